The van der Waals surface area contributed by atoms with Crippen LogP contribution in [0.25, 0.3) is 0 Å². The molecule has 0 aliphatic heterocycles. The van der Waals surface area contributed by atoms with Gasteiger partial charge >= 0.3 is 0 Å². The quantitative estimate of drug-likeness (QED) is 0.755. The Morgan fingerprint density at radius 3 is 2.71 bits per heavy atom. The number of benzene rings is 1. The SMILES string of the molecule is CCC(C)NC(=O)CSCCc1ccccc1. The van der Waals surface area contributed by atoms with Crippen LogP contribution in [0.3, 0.4) is 0 Å². The Hall–Kier alpha value is -0.960. The van der Waals surface area contributed by atoms with Gasteiger partial charge in [0.2, 0.25) is 5.91 Å². The third-order valence-corrected chi connectivity index (χ3v) is 3.59. The first-order chi connectivity index (χ1) is 8.22. The van der Waals surface area contributed by atoms with Gasteiger partial charge in [0.05, 0.1) is 5.75 Å². The van der Waals surface area contributed by atoms with Gasteiger partial charge in [-0.1, -0.05) is 37.3 Å². The molecule has 0 saturated carbocycles. The minimum Gasteiger partial charge on any atom is -0.353 e. The van der Waals surface area contributed by atoms with E-state index < -0.39 is 0 Å². The first-order valence-electron chi connectivity index (χ1n) is 6.13. The summed E-state index contributed by atoms with van der Waals surface area (Å²) in [6.07, 6.45) is 2.02. The van der Waals surface area contributed by atoms with Crippen LogP contribution in [-0.2, 0) is 11.2 Å². The number of aryl methyl sites for hydroxylation is 1. The van der Waals surface area contributed by atoms with E-state index in [9.17, 15) is 4.79 Å². The Morgan fingerprint density at radius 1 is 1.35 bits per heavy atom. The maximum absolute atomic E-state index is 11.5. The first-order valence-corrected chi connectivity index (χ1v) is 7.29. The third kappa shape index (κ3) is 6.37. The summed E-state index contributed by atoms with van der Waals surface area (Å²) < 4.78 is 0. The minimum absolute atomic E-state index is 0.150. The van der Waals surface area contributed by atoms with Crippen LogP contribution in [0.5, 0.6) is 0 Å². The molecule has 0 aliphatic rings. The summed E-state index contributed by atoms with van der Waals surface area (Å²) in [5.74, 6) is 1.71. The second-order valence-corrected chi connectivity index (χ2v) is 5.27. The molecule has 0 fully saturated rings. The van der Waals surface area contributed by atoms with Crippen molar-refractivity contribution in [2.75, 3.05) is 11.5 Å². The van der Waals surface area contributed by atoms with E-state index in [1.807, 2.05) is 13.0 Å². The molecule has 0 spiro atoms. The van der Waals surface area contributed by atoms with Gasteiger partial charge in [-0.3, -0.25) is 4.79 Å². The van der Waals surface area contributed by atoms with Crippen LogP contribution in [0.2, 0.25) is 0 Å². The first kappa shape index (κ1) is 14.1. The average molecular weight is 251 g/mol. The van der Waals surface area contributed by atoms with Gasteiger partial charge in [-0.15, -0.1) is 0 Å². The highest BCUT2D eigenvalue weighted by atomic mass is 32.2. The van der Waals surface area contributed by atoms with E-state index in [-0.39, 0.29) is 11.9 Å². The molecule has 1 aromatic carbocycles. The van der Waals surface area contributed by atoms with Gasteiger partial charge in [-0.25, -0.2) is 0 Å². The van der Waals surface area contributed by atoms with E-state index in [1.54, 1.807) is 11.8 Å². The zero-order chi connectivity index (χ0) is 12.5. The van der Waals surface area contributed by atoms with Crippen LogP contribution in [-0.4, -0.2) is 23.5 Å². The zero-order valence-corrected chi connectivity index (χ0v) is 11.4. The van der Waals surface area contributed by atoms with Crippen molar-refractivity contribution in [3.63, 3.8) is 0 Å². The largest absolute Gasteiger partial charge is 0.353 e. The topological polar surface area (TPSA) is 29.1 Å². The molecule has 1 unspecified atom stereocenters. The fourth-order valence-corrected chi connectivity index (χ4v) is 2.21. The minimum atomic E-state index is 0.150. The molecule has 1 aromatic rings. The predicted molar refractivity (Wildman–Crippen MR) is 75.4 cm³/mol. The number of thioether (sulfide) groups is 1. The molecule has 0 heterocycles. The van der Waals surface area contributed by atoms with Crippen molar-refractivity contribution in [3.8, 4) is 0 Å². The number of nitrogens with one attached hydrogen (secondary N) is 1. The van der Waals surface area contributed by atoms with Gasteiger partial charge in [-0.05, 0) is 31.1 Å². The molecule has 3 heteroatoms. The summed E-state index contributed by atoms with van der Waals surface area (Å²) in [6.45, 7) is 4.11. The fraction of sp³-hybridized carbons (Fsp3) is 0.500. The third-order valence-electron chi connectivity index (χ3n) is 2.63. The van der Waals surface area contributed by atoms with E-state index in [4.69, 9.17) is 0 Å². The standard InChI is InChI=1S/C14H21NOS/c1-3-12(2)15-14(16)11-17-10-9-13-7-5-4-6-8-13/h4-8,12H,3,9-11H2,1-2H3,(H,15,16). The lowest BCUT2D eigenvalue weighted by atomic mass is 10.2. The highest BCUT2D eigenvalue weighted by Gasteiger charge is 2.04. The second-order valence-electron chi connectivity index (χ2n) is 4.16. The summed E-state index contributed by atoms with van der Waals surface area (Å²) in [6, 6.07) is 10.7. The van der Waals surface area contributed by atoms with Crippen molar-refractivity contribution in [1.29, 1.82) is 0 Å². The molecule has 0 radical (unpaired) electrons. The highest BCUT2D eigenvalue weighted by Crippen LogP contribution is 2.06. The van der Waals surface area contributed by atoms with Crippen molar-refractivity contribution >= 4 is 17.7 Å². The summed E-state index contributed by atoms with van der Waals surface area (Å²) >= 11 is 1.70. The van der Waals surface area contributed by atoms with Crippen LogP contribution in [0, 0.1) is 0 Å². The van der Waals surface area contributed by atoms with Gasteiger partial charge in [0.25, 0.3) is 0 Å². The monoisotopic (exact) mass is 251 g/mol. The van der Waals surface area contributed by atoms with Crippen LogP contribution in [0.4, 0.5) is 0 Å². The molecular weight excluding hydrogens is 230 g/mol. The molecule has 0 saturated heterocycles. The molecule has 1 rings (SSSR count). The van der Waals surface area contributed by atoms with E-state index in [0.717, 1.165) is 18.6 Å². The summed E-state index contributed by atoms with van der Waals surface area (Å²) in [5, 5.41) is 2.97. The number of hydrogen-bond acceptors (Lipinski definition) is 2. The maximum atomic E-state index is 11.5. The normalized spacial score (nSPS) is 12.1. The average Bonchev–Trinajstić information content (AvgIpc) is 2.36. The van der Waals surface area contributed by atoms with E-state index >= 15 is 0 Å². The Bertz CT molecular complexity index is 326. The van der Waals surface area contributed by atoms with Gasteiger partial charge in [0.1, 0.15) is 0 Å². The van der Waals surface area contributed by atoms with Crippen molar-refractivity contribution in [1.82, 2.24) is 5.32 Å². The smallest absolute Gasteiger partial charge is 0.230 e. The van der Waals surface area contributed by atoms with Gasteiger partial charge in [0.15, 0.2) is 0 Å². The molecule has 94 valence electrons. The van der Waals surface area contributed by atoms with Crippen LogP contribution < -0.4 is 5.32 Å². The van der Waals surface area contributed by atoms with Crippen LogP contribution in [0.1, 0.15) is 25.8 Å². The van der Waals surface area contributed by atoms with E-state index in [0.29, 0.717) is 5.75 Å². The Balaban J connectivity index is 2.10. The molecule has 1 amide bonds. The molecule has 17 heavy (non-hydrogen) atoms. The van der Waals surface area contributed by atoms with Crippen LogP contribution >= 0.6 is 11.8 Å². The Morgan fingerprint density at radius 2 is 2.06 bits per heavy atom. The molecule has 0 aromatic heterocycles. The Kier molecular flexibility index (Phi) is 6.78. The summed E-state index contributed by atoms with van der Waals surface area (Å²) in [4.78, 5) is 11.5. The molecule has 1 N–H and O–H groups in total. The maximum Gasteiger partial charge on any atom is 0.230 e. The molecular formula is C14H21NOS. The summed E-state index contributed by atoms with van der Waals surface area (Å²) in [5.41, 5.74) is 1.34. The van der Waals surface area contributed by atoms with Gasteiger partial charge in [-0.2, -0.15) is 11.8 Å². The lowest BCUT2D eigenvalue weighted by molar-refractivity contribution is -0.119. The lowest BCUT2D eigenvalue weighted by Gasteiger charge is -2.10. The lowest BCUT2D eigenvalue weighted by Crippen LogP contribution is -2.33. The number of hydrogen-bond donors (Lipinski definition) is 1. The van der Waals surface area contributed by atoms with E-state index in [1.165, 1.54) is 5.56 Å². The van der Waals surface area contributed by atoms with Gasteiger partial charge < -0.3 is 5.32 Å². The van der Waals surface area contributed by atoms with Crippen molar-refractivity contribution < 1.29 is 4.79 Å². The number of carbonyl (C=O) groups is 1. The number of carbonyl (C=O) groups excluding carboxylic acids is 1. The summed E-state index contributed by atoms with van der Waals surface area (Å²) in [7, 11) is 0. The van der Waals surface area contributed by atoms with Crippen molar-refractivity contribution in [2.45, 2.75) is 32.7 Å². The Labute approximate surface area is 108 Å². The van der Waals surface area contributed by atoms with Gasteiger partial charge in [0, 0.05) is 6.04 Å². The second kappa shape index (κ2) is 8.18. The highest BCUT2D eigenvalue weighted by molar-refractivity contribution is 7.99. The molecule has 2 nitrogen and oxygen atoms in total. The number of amides is 1. The van der Waals surface area contributed by atoms with Crippen LogP contribution in [0.15, 0.2) is 30.3 Å². The van der Waals surface area contributed by atoms with Crippen molar-refractivity contribution in [2.24, 2.45) is 0 Å². The fourth-order valence-electron chi connectivity index (χ4n) is 1.42. The molecule has 0 bridgehead atoms. The molecule has 0 aliphatic carbocycles. The van der Waals surface area contributed by atoms with Crippen molar-refractivity contribution in [3.05, 3.63) is 35.9 Å². The molecule has 1 atom stereocenters. The zero-order valence-electron chi connectivity index (χ0n) is 10.6. The number of rotatable bonds is 7. The predicted octanol–water partition coefficient (Wildman–Crippen LogP) is 2.88. The van der Waals surface area contributed by atoms with E-state index in [2.05, 4.69) is 36.5 Å².